The molecule has 0 saturated carbocycles. The SMILES string of the molecule is CC(=O)N1CCc2nccnc2C1. The van der Waals surface area contributed by atoms with E-state index in [0.29, 0.717) is 6.54 Å². The van der Waals surface area contributed by atoms with Crippen LogP contribution in [0.25, 0.3) is 0 Å². The summed E-state index contributed by atoms with van der Waals surface area (Å²) in [5.41, 5.74) is 1.96. The molecule has 0 unspecified atom stereocenters. The van der Waals surface area contributed by atoms with Crippen LogP contribution in [0.15, 0.2) is 12.4 Å². The molecule has 0 radical (unpaired) electrons. The Hall–Kier alpha value is -1.45. The minimum absolute atomic E-state index is 0.108. The molecule has 1 aliphatic heterocycles. The van der Waals surface area contributed by atoms with E-state index in [1.807, 2.05) is 0 Å². The first-order chi connectivity index (χ1) is 6.27. The topological polar surface area (TPSA) is 46.1 Å². The molecule has 2 heterocycles. The number of aromatic nitrogens is 2. The summed E-state index contributed by atoms with van der Waals surface area (Å²) in [6.45, 7) is 2.96. The first-order valence-corrected chi connectivity index (χ1v) is 4.31. The zero-order valence-electron chi connectivity index (χ0n) is 7.53. The first-order valence-electron chi connectivity index (χ1n) is 4.31. The zero-order valence-corrected chi connectivity index (χ0v) is 7.53. The highest BCUT2D eigenvalue weighted by Crippen LogP contribution is 2.13. The Kier molecular flexibility index (Phi) is 1.96. The van der Waals surface area contributed by atoms with Crippen molar-refractivity contribution < 1.29 is 4.79 Å². The third-order valence-corrected chi connectivity index (χ3v) is 2.27. The van der Waals surface area contributed by atoms with Gasteiger partial charge in [0.15, 0.2) is 0 Å². The largest absolute Gasteiger partial charge is 0.337 e. The maximum Gasteiger partial charge on any atom is 0.219 e. The second-order valence-electron chi connectivity index (χ2n) is 3.14. The second kappa shape index (κ2) is 3.12. The minimum atomic E-state index is 0.108. The lowest BCUT2D eigenvalue weighted by Gasteiger charge is -2.25. The fourth-order valence-corrected chi connectivity index (χ4v) is 1.51. The van der Waals surface area contributed by atoms with E-state index in [0.717, 1.165) is 24.4 Å². The summed E-state index contributed by atoms with van der Waals surface area (Å²) in [4.78, 5) is 21.3. The highest BCUT2D eigenvalue weighted by atomic mass is 16.2. The number of rotatable bonds is 0. The van der Waals surface area contributed by atoms with Crippen molar-refractivity contribution in [2.45, 2.75) is 19.9 Å². The predicted molar refractivity (Wildman–Crippen MR) is 46.8 cm³/mol. The number of hydrogen-bond acceptors (Lipinski definition) is 3. The van der Waals surface area contributed by atoms with Gasteiger partial charge in [-0.05, 0) is 0 Å². The van der Waals surface area contributed by atoms with Crippen LogP contribution in [0.4, 0.5) is 0 Å². The van der Waals surface area contributed by atoms with Gasteiger partial charge < -0.3 is 4.90 Å². The van der Waals surface area contributed by atoms with Gasteiger partial charge in [-0.25, -0.2) is 0 Å². The first kappa shape index (κ1) is 8.16. The van der Waals surface area contributed by atoms with Gasteiger partial charge >= 0.3 is 0 Å². The molecule has 1 amide bonds. The normalized spacial score (nSPS) is 15.3. The zero-order chi connectivity index (χ0) is 9.26. The third-order valence-electron chi connectivity index (χ3n) is 2.27. The molecule has 4 heteroatoms. The molecular formula is C9H11N3O. The Morgan fingerprint density at radius 1 is 1.38 bits per heavy atom. The summed E-state index contributed by atoms with van der Waals surface area (Å²) in [5, 5.41) is 0. The van der Waals surface area contributed by atoms with Crippen LogP contribution in [-0.4, -0.2) is 27.3 Å². The quantitative estimate of drug-likeness (QED) is 0.575. The van der Waals surface area contributed by atoms with Crippen LogP contribution in [0.1, 0.15) is 18.3 Å². The van der Waals surface area contributed by atoms with Crippen molar-refractivity contribution in [1.29, 1.82) is 0 Å². The van der Waals surface area contributed by atoms with Crippen molar-refractivity contribution in [3.05, 3.63) is 23.8 Å². The van der Waals surface area contributed by atoms with Crippen LogP contribution in [0.5, 0.6) is 0 Å². The average molecular weight is 177 g/mol. The van der Waals surface area contributed by atoms with E-state index >= 15 is 0 Å². The molecule has 4 nitrogen and oxygen atoms in total. The van der Waals surface area contributed by atoms with Crippen molar-refractivity contribution in [3.63, 3.8) is 0 Å². The van der Waals surface area contributed by atoms with Crippen molar-refractivity contribution in [1.82, 2.24) is 14.9 Å². The molecule has 0 bridgehead atoms. The number of fused-ring (bicyclic) bond motifs is 1. The molecule has 0 atom stereocenters. The van der Waals surface area contributed by atoms with Gasteiger partial charge in [0.25, 0.3) is 0 Å². The molecule has 0 aliphatic carbocycles. The van der Waals surface area contributed by atoms with Crippen molar-refractivity contribution in [2.24, 2.45) is 0 Å². The smallest absolute Gasteiger partial charge is 0.219 e. The number of hydrogen-bond donors (Lipinski definition) is 0. The monoisotopic (exact) mass is 177 g/mol. The Balaban J connectivity index is 2.24. The van der Waals surface area contributed by atoms with Crippen molar-refractivity contribution in [2.75, 3.05) is 6.54 Å². The summed E-state index contributed by atoms with van der Waals surface area (Å²) in [6.07, 6.45) is 4.19. The van der Waals surface area contributed by atoms with Crippen molar-refractivity contribution >= 4 is 5.91 Å². The second-order valence-corrected chi connectivity index (χ2v) is 3.14. The van der Waals surface area contributed by atoms with E-state index in [-0.39, 0.29) is 5.91 Å². The summed E-state index contributed by atoms with van der Waals surface area (Å²) >= 11 is 0. The van der Waals surface area contributed by atoms with E-state index in [4.69, 9.17) is 0 Å². The maximum atomic E-state index is 11.1. The number of carbonyl (C=O) groups is 1. The van der Waals surface area contributed by atoms with Gasteiger partial charge in [0.05, 0.1) is 17.9 Å². The van der Waals surface area contributed by atoms with Gasteiger partial charge in [0.2, 0.25) is 5.91 Å². The van der Waals surface area contributed by atoms with E-state index in [1.54, 1.807) is 24.2 Å². The molecular weight excluding hydrogens is 166 g/mol. The lowest BCUT2D eigenvalue weighted by Crippen LogP contribution is -2.35. The highest BCUT2D eigenvalue weighted by molar-refractivity contribution is 5.73. The molecule has 0 N–H and O–H groups in total. The lowest BCUT2D eigenvalue weighted by molar-refractivity contribution is -0.129. The van der Waals surface area contributed by atoms with Gasteiger partial charge in [-0.15, -0.1) is 0 Å². The van der Waals surface area contributed by atoms with Gasteiger partial charge in [-0.1, -0.05) is 0 Å². The molecule has 0 spiro atoms. The molecule has 0 aromatic carbocycles. The predicted octanol–water partition coefficient (Wildman–Crippen LogP) is 0.381. The Morgan fingerprint density at radius 3 is 2.77 bits per heavy atom. The Bertz CT molecular complexity index is 337. The van der Waals surface area contributed by atoms with Crippen LogP contribution in [0.3, 0.4) is 0 Å². The molecule has 1 aliphatic rings. The molecule has 68 valence electrons. The molecule has 1 aromatic rings. The van der Waals surface area contributed by atoms with E-state index in [1.165, 1.54) is 0 Å². The highest BCUT2D eigenvalue weighted by Gasteiger charge is 2.19. The molecule has 0 saturated heterocycles. The minimum Gasteiger partial charge on any atom is -0.337 e. The third kappa shape index (κ3) is 1.52. The van der Waals surface area contributed by atoms with Crippen LogP contribution >= 0.6 is 0 Å². The summed E-state index contributed by atoms with van der Waals surface area (Å²) in [6, 6.07) is 0. The average Bonchev–Trinajstić information content (AvgIpc) is 2.17. The molecule has 2 rings (SSSR count). The van der Waals surface area contributed by atoms with Crippen LogP contribution in [0, 0.1) is 0 Å². The van der Waals surface area contributed by atoms with E-state index in [9.17, 15) is 4.79 Å². The lowest BCUT2D eigenvalue weighted by atomic mass is 10.1. The van der Waals surface area contributed by atoms with Crippen LogP contribution < -0.4 is 0 Å². The number of nitrogens with zero attached hydrogens (tertiary/aromatic N) is 3. The number of carbonyl (C=O) groups excluding carboxylic acids is 1. The van der Waals surface area contributed by atoms with Crippen molar-refractivity contribution in [3.8, 4) is 0 Å². The van der Waals surface area contributed by atoms with Gasteiger partial charge in [-0.2, -0.15) is 0 Å². The van der Waals surface area contributed by atoms with Gasteiger partial charge in [-0.3, -0.25) is 14.8 Å². The molecule has 0 fully saturated rings. The Labute approximate surface area is 76.6 Å². The maximum absolute atomic E-state index is 11.1. The summed E-state index contributed by atoms with van der Waals surface area (Å²) in [5.74, 6) is 0.108. The van der Waals surface area contributed by atoms with Gasteiger partial charge in [0.1, 0.15) is 0 Å². The molecule has 13 heavy (non-hydrogen) atoms. The summed E-state index contributed by atoms with van der Waals surface area (Å²) < 4.78 is 0. The standard InChI is InChI=1S/C9H11N3O/c1-7(13)12-5-2-8-9(6-12)11-4-3-10-8/h3-4H,2,5-6H2,1H3. The van der Waals surface area contributed by atoms with E-state index in [2.05, 4.69) is 9.97 Å². The fourth-order valence-electron chi connectivity index (χ4n) is 1.51. The molecule has 1 aromatic heterocycles. The van der Waals surface area contributed by atoms with Gasteiger partial charge in [0, 0.05) is 32.3 Å². The fraction of sp³-hybridized carbons (Fsp3) is 0.444. The van der Waals surface area contributed by atoms with E-state index < -0.39 is 0 Å². The summed E-state index contributed by atoms with van der Waals surface area (Å²) in [7, 11) is 0. The Morgan fingerprint density at radius 2 is 2.08 bits per heavy atom. The van der Waals surface area contributed by atoms with Crippen LogP contribution in [-0.2, 0) is 17.8 Å². The number of amides is 1. The van der Waals surface area contributed by atoms with Crippen LogP contribution in [0.2, 0.25) is 0 Å².